The maximum Gasteiger partial charge on any atom is 0.274 e. The average molecular weight is 264 g/mol. The van der Waals surface area contributed by atoms with Crippen LogP contribution in [0.3, 0.4) is 0 Å². The van der Waals surface area contributed by atoms with Gasteiger partial charge in [-0.3, -0.25) is 9.89 Å². The number of aryl methyl sites for hydroxylation is 2. The second kappa shape index (κ2) is 5.30. The molecule has 0 aliphatic carbocycles. The quantitative estimate of drug-likeness (QED) is 0.918. The molecular formula is C12H16N4OS. The molecule has 18 heavy (non-hydrogen) atoms. The van der Waals surface area contributed by atoms with Crippen molar-refractivity contribution in [1.29, 1.82) is 0 Å². The van der Waals surface area contributed by atoms with Crippen LogP contribution in [0, 0.1) is 6.92 Å². The molecule has 1 N–H and O–H groups in total. The van der Waals surface area contributed by atoms with Gasteiger partial charge in [0.2, 0.25) is 0 Å². The minimum absolute atomic E-state index is 0.0706. The third-order valence-electron chi connectivity index (χ3n) is 2.80. The second-order valence-corrected chi connectivity index (χ2v) is 5.09. The van der Waals surface area contributed by atoms with E-state index in [9.17, 15) is 4.79 Å². The summed E-state index contributed by atoms with van der Waals surface area (Å²) in [6.07, 6.45) is 0.845. The Balaban J connectivity index is 2.07. The summed E-state index contributed by atoms with van der Waals surface area (Å²) in [5.41, 5.74) is 4.22. The predicted molar refractivity (Wildman–Crippen MR) is 70.6 cm³/mol. The molecule has 0 unspecified atom stereocenters. The van der Waals surface area contributed by atoms with Crippen LogP contribution in [0.4, 0.5) is 0 Å². The first-order chi connectivity index (χ1) is 8.61. The molecule has 5 nitrogen and oxygen atoms in total. The molecule has 96 valence electrons. The van der Waals surface area contributed by atoms with E-state index in [1.807, 2.05) is 13.8 Å². The summed E-state index contributed by atoms with van der Waals surface area (Å²) >= 11 is 1.57. The van der Waals surface area contributed by atoms with E-state index in [1.54, 1.807) is 34.9 Å². The van der Waals surface area contributed by atoms with Crippen molar-refractivity contribution in [2.45, 2.75) is 26.8 Å². The lowest BCUT2D eigenvalue weighted by Gasteiger charge is -2.14. The third kappa shape index (κ3) is 2.59. The number of hydrogen-bond donors (Lipinski definition) is 1. The third-order valence-corrected chi connectivity index (χ3v) is 3.72. The van der Waals surface area contributed by atoms with Gasteiger partial charge in [0.1, 0.15) is 5.69 Å². The number of H-pyrrole nitrogens is 1. The first kappa shape index (κ1) is 12.8. The van der Waals surface area contributed by atoms with E-state index in [4.69, 9.17) is 0 Å². The molecule has 0 spiro atoms. The highest BCUT2D eigenvalue weighted by Gasteiger charge is 2.16. The molecule has 0 saturated carbocycles. The van der Waals surface area contributed by atoms with Crippen molar-refractivity contribution in [3.05, 3.63) is 33.5 Å². The largest absolute Gasteiger partial charge is 0.335 e. The van der Waals surface area contributed by atoms with Gasteiger partial charge in [-0.2, -0.15) is 5.10 Å². The fraction of sp³-hybridized carbons (Fsp3) is 0.417. The molecule has 0 saturated heterocycles. The number of rotatable bonds is 4. The van der Waals surface area contributed by atoms with Crippen LogP contribution < -0.4 is 0 Å². The summed E-state index contributed by atoms with van der Waals surface area (Å²) in [7, 11) is 1.78. The Hall–Kier alpha value is -1.69. The van der Waals surface area contributed by atoms with Crippen LogP contribution >= 0.6 is 11.3 Å². The standard InChI is InChI=1S/C12H16N4OS/c1-4-9-5-10(15-14-9)12(17)16(3)6-11-8(2)13-7-18-11/h5,7H,4,6H2,1-3H3,(H,14,15). The molecule has 0 bridgehead atoms. The van der Waals surface area contributed by atoms with Gasteiger partial charge in [-0.05, 0) is 19.4 Å². The number of carbonyl (C=O) groups excluding carboxylic acids is 1. The van der Waals surface area contributed by atoms with Crippen LogP contribution in [0.15, 0.2) is 11.6 Å². The Morgan fingerprint density at radius 3 is 2.89 bits per heavy atom. The molecule has 0 fully saturated rings. The molecule has 2 aromatic heterocycles. The zero-order chi connectivity index (χ0) is 13.1. The minimum atomic E-state index is -0.0706. The van der Waals surface area contributed by atoms with Gasteiger partial charge >= 0.3 is 0 Å². The van der Waals surface area contributed by atoms with Crippen molar-refractivity contribution < 1.29 is 4.79 Å². The van der Waals surface area contributed by atoms with E-state index in [2.05, 4.69) is 15.2 Å². The Bertz CT molecular complexity index is 546. The van der Waals surface area contributed by atoms with Gasteiger partial charge in [-0.1, -0.05) is 6.92 Å². The summed E-state index contributed by atoms with van der Waals surface area (Å²) in [4.78, 5) is 19.1. The molecule has 0 radical (unpaired) electrons. The highest BCUT2D eigenvalue weighted by molar-refractivity contribution is 7.09. The molecule has 2 heterocycles. The van der Waals surface area contributed by atoms with Crippen molar-refractivity contribution in [3.8, 4) is 0 Å². The molecule has 0 atom stereocenters. The van der Waals surface area contributed by atoms with E-state index in [0.29, 0.717) is 12.2 Å². The monoisotopic (exact) mass is 264 g/mol. The molecule has 2 aromatic rings. The summed E-state index contributed by atoms with van der Waals surface area (Å²) in [5, 5.41) is 6.89. The highest BCUT2D eigenvalue weighted by atomic mass is 32.1. The number of hydrogen-bond acceptors (Lipinski definition) is 4. The summed E-state index contributed by atoms with van der Waals surface area (Å²) in [6.45, 7) is 4.55. The number of nitrogens with zero attached hydrogens (tertiary/aromatic N) is 3. The topological polar surface area (TPSA) is 61.9 Å². The normalized spacial score (nSPS) is 10.6. The number of carbonyl (C=O) groups is 1. The Morgan fingerprint density at radius 2 is 2.33 bits per heavy atom. The van der Waals surface area contributed by atoms with Crippen LogP contribution in [0.2, 0.25) is 0 Å². The molecule has 6 heteroatoms. The maximum absolute atomic E-state index is 12.1. The van der Waals surface area contributed by atoms with E-state index >= 15 is 0 Å². The van der Waals surface area contributed by atoms with Crippen LogP contribution in [-0.2, 0) is 13.0 Å². The van der Waals surface area contributed by atoms with E-state index in [1.165, 1.54) is 0 Å². The van der Waals surface area contributed by atoms with Gasteiger partial charge in [-0.15, -0.1) is 11.3 Å². The fourth-order valence-corrected chi connectivity index (χ4v) is 2.44. The predicted octanol–water partition coefficient (Wildman–Crippen LogP) is 2.01. The zero-order valence-electron chi connectivity index (χ0n) is 10.7. The van der Waals surface area contributed by atoms with E-state index < -0.39 is 0 Å². The Kier molecular flexibility index (Phi) is 3.76. The zero-order valence-corrected chi connectivity index (χ0v) is 11.5. The number of aromatic nitrogens is 3. The number of nitrogens with one attached hydrogen (secondary N) is 1. The van der Waals surface area contributed by atoms with Gasteiger partial charge in [0.05, 0.1) is 17.7 Å². The number of thiazole rings is 1. The Labute approximate surface area is 110 Å². The van der Waals surface area contributed by atoms with Gasteiger partial charge in [0.15, 0.2) is 0 Å². The first-order valence-corrected chi connectivity index (χ1v) is 6.68. The molecule has 0 aromatic carbocycles. The average Bonchev–Trinajstić information content (AvgIpc) is 2.98. The van der Waals surface area contributed by atoms with Crippen molar-refractivity contribution >= 4 is 17.2 Å². The maximum atomic E-state index is 12.1. The summed E-state index contributed by atoms with van der Waals surface area (Å²) in [5.74, 6) is -0.0706. The Morgan fingerprint density at radius 1 is 1.56 bits per heavy atom. The van der Waals surface area contributed by atoms with Crippen molar-refractivity contribution in [3.63, 3.8) is 0 Å². The van der Waals surface area contributed by atoms with E-state index in [0.717, 1.165) is 22.7 Å². The van der Waals surface area contributed by atoms with Crippen LogP contribution in [-0.4, -0.2) is 33.0 Å². The van der Waals surface area contributed by atoms with Crippen LogP contribution in [0.5, 0.6) is 0 Å². The van der Waals surface area contributed by atoms with E-state index in [-0.39, 0.29) is 5.91 Å². The molecule has 0 aliphatic rings. The summed E-state index contributed by atoms with van der Waals surface area (Å²) < 4.78 is 0. The van der Waals surface area contributed by atoms with Gasteiger partial charge in [0, 0.05) is 17.6 Å². The lowest BCUT2D eigenvalue weighted by atomic mass is 10.3. The molecule has 0 aliphatic heterocycles. The number of aromatic amines is 1. The van der Waals surface area contributed by atoms with Gasteiger partial charge in [0.25, 0.3) is 5.91 Å². The van der Waals surface area contributed by atoms with Crippen LogP contribution in [0.1, 0.15) is 33.7 Å². The molecule has 1 amide bonds. The second-order valence-electron chi connectivity index (χ2n) is 4.15. The lowest BCUT2D eigenvalue weighted by molar-refractivity contribution is 0.0780. The highest BCUT2D eigenvalue weighted by Crippen LogP contribution is 2.15. The van der Waals surface area contributed by atoms with Crippen molar-refractivity contribution in [2.75, 3.05) is 7.05 Å². The fourth-order valence-electron chi connectivity index (χ4n) is 1.61. The molecule has 2 rings (SSSR count). The van der Waals surface area contributed by atoms with Crippen molar-refractivity contribution in [2.24, 2.45) is 0 Å². The molecular weight excluding hydrogens is 248 g/mol. The van der Waals surface area contributed by atoms with Crippen LogP contribution in [0.25, 0.3) is 0 Å². The lowest BCUT2D eigenvalue weighted by Crippen LogP contribution is -2.26. The smallest absolute Gasteiger partial charge is 0.274 e. The van der Waals surface area contributed by atoms with Crippen molar-refractivity contribution in [1.82, 2.24) is 20.1 Å². The first-order valence-electron chi connectivity index (χ1n) is 5.80. The van der Waals surface area contributed by atoms with Gasteiger partial charge in [-0.25, -0.2) is 4.98 Å². The number of amides is 1. The minimum Gasteiger partial charge on any atom is -0.335 e. The van der Waals surface area contributed by atoms with Gasteiger partial charge < -0.3 is 4.90 Å². The SMILES string of the molecule is CCc1cc(C(=O)N(C)Cc2scnc2C)n[nH]1. The summed E-state index contributed by atoms with van der Waals surface area (Å²) in [6, 6.07) is 1.80.